The zero-order valence-electron chi connectivity index (χ0n) is 16.3. The fraction of sp³-hybridized carbons (Fsp3) is 0.300. The topological polar surface area (TPSA) is 125 Å². The van der Waals surface area contributed by atoms with Gasteiger partial charge in [0.1, 0.15) is 6.61 Å². The second-order valence-corrected chi connectivity index (χ2v) is 8.35. The molecule has 0 spiro atoms. The van der Waals surface area contributed by atoms with Crippen LogP contribution in [0.2, 0.25) is 4.34 Å². The fourth-order valence-corrected chi connectivity index (χ4v) is 3.90. The fourth-order valence-electron chi connectivity index (χ4n) is 2.94. The second kappa shape index (κ2) is 10.4. The van der Waals surface area contributed by atoms with E-state index >= 15 is 0 Å². The van der Waals surface area contributed by atoms with Gasteiger partial charge in [-0.15, -0.1) is 11.3 Å². The number of aliphatic carboxylic acids is 1. The van der Waals surface area contributed by atoms with E-state index in [1.165, 1.54) is 0 Å². The number of thiophene rings is 1. The molecule has 9 nitrogen and oxygen atoms in total. The summed E-state index contributed by atoms with van der Waals surface area (Å²) in [5, 5.41) is 14.7. The molecule has 0 saturated carbocycles. The highest BCUT2D eigenvalue weighted by Gasteiger charge is 2.26. The van der Waals surface area contributed by atoms with Gasteiger partial charge in [0.2, 0.25) is 0 Å². The van der Waals surface area contributed by atoms with Crippen molar-refractivity contribution in [2.45, 2.75) is 12.5 Å². The van der Waals surface area contributed by atoms with E-state index in [0.717, 1.165) is 11.3 Å². The van der Waals surface area contributed by atoms with Crippen molar-refractivity contribution in [1.29, 1.82) is 0 Å². The third-order valence-corrected chi connectivity index (χ3v) is 5.73. The van der Waals surface area contributed by atoms with Crippen LogP contribution < -0.4 is 15.5 Å². The number of morpholine rings is 1. The minimum atomic E-state index is -1.47. The summed E-state index contributed by atoms with van der Waals surface area (Å²) in [6.07, 6.45) is -0.158. The number of hydrogen-bond acceptors (Lipinski definition) is 7. The summed E-state index contributed by atoms with van der Waals surface area (Å²) in [5.74, 6) is -2.44. The van der Waals surface area contributed by atoms with Crippen molar-refractivity contribution in [2.75, 3.05) is 36.5 Å². The predicted molar refractivity (Wildman–Crippen MR) is 116 cm³/mol. The number of rotatable bonds is 9. The lowest BCUT2D eigenvalue weighted by molar-refractivity contribution is -0.141. The van der Waals surface area contributed by atoms with Gasteiger partial charge < -0.3 is 25.4 Å². The highest BCUT2D eigenvalue weighted by atomic mass is 35.5. The SMILES string of the molecule is O=C(NCCC(=O)C(Nc1ccc(N2CCOCC2=O)cc1)C(=O)O)c1ccc(Cl)s1. The summed E-state index contributed by atoms with van der Waals surface area (Å²) in [5.41, 5.74) is 1.08. The van der Waals surface area contributed by atoms with Crippen molar-refractivity contribution >= 4 is 57.9 Å². The van der Waals surface area contributed by atoms with Gasteiger partial charge in [0, 0.05) is 30.9 Å². The number of carbonyl (C=O) groups excluding carboxylic acids is 3. The molecule has 0 radical (unpaired) electrons. The average molecular weight is 466 g/mol. The molecule has 1 aliphatic rings. The number of carboxylic acid groups (broad SMARTS) is 1. The lowest BCUT2D eigenvalue weighted by Crippen LogP contribution is -2.41. The van der Waals surface area contributed by atoms with Gasteiger partial charge in [0.05, 0.1) is 15.8 Å². The van der Waals surface area contributed by atoms with Crippen LogP contribution in [0.1, 0.15) is 16.1 Å². The maximum Gasteiger partial charge on any atom is 0.333 e. The summed E-state index contributed by atoms with van der Waals surface area (Å²) in [6, 6.07) is 8.23. The Hall–Kier alpha value is -2.95. The van der Waals surface area contributed by atoms with Gasteiger partial charge in [-0.05, 0) is 36.4 Å². The molecule has 1 aliphatic heterocycles. The van der Waals surface area contributed by atoms with E-state index in [1.54, 1.807) is 41.3 Å². The minimum absolute atomic E-state index is 0.00325. The maximum atomic E-state index is 12.4. The number of amides is 2. The Balaban J connectivity index is 1.55. The van der Waals surface area contributed by atoms with Crippen LogP contribution in [0.5, 0.6) is 0 Å². The van der Waals surface area contributed by atoms with Crippen molar-refractivity contribution in [3.05, 3.63) is 45.6 Å². The molecule has 2 aromatic rings. The van der Waals surface area contributed by atoms with Gasteiger partial charge in [-0.1, -0.05) is 11.6 Å². The molecule has 1 aromatic heterocycles. The number of ether oxygens (including phenoxy) is 1. The van der Waals surface area contributed by atoms with Crippen LogP contribution in [0.25, 0.3) is 0 Å². The minimum Gasteiger partial charge on any atom is -0.479 e. The molecule has 1 saturated heterocycles. The predicted octanol–water partition coefficient (Wildman–Crippen LogP) is 2.02. The zero-order chi connectivity index (χ0) is 22.4. The molecule has 2 amide bonds. The Morgan fingerprint density at radius 3 is 2.55 bits per heavy atom. The molecule has 0 aliphatic carbocycles. The smallest absolute Gasteiger partial charge is 0.333 e. The molecule has 1 atom stereocenters. The molecule has 0 bridgehead atoms. The Morgan fingerprint density at radius 1 is 1.19 bits per heavy atom. The van der Waals surface area contributed by atoms with Gasteiger partial charge >= 0.3 is 5.97 Å². The molecular formula is C20H20ClN3O6S. The first-order chi connectivity index (χ1) is 14.8. The first-order valence-electron chi connectivity index (χ1n) is 9.39. The molecule has 1 fully saturated rings. The number of ketones is 1. The van der Waals surface area contributed by atoms with Crippen LogP contribution in [-0.2, 0) is 19.1 Å². The lowest BCUT2D eigenvalue weighted by Gasteiger charge is -2.27. The Labute approximate surface area is 186 Å². The van der Waals surface area contributed by atoms with Crippen molar-refractivity contribution in [1.82, 2.24) is 5.32 Å². The van der Waals surface area contributed by atoms with E-state index in [2.05, 4.69) is 10.6 Å². The molecule has 1 unspecified atom stereocenters. The van der Waals surface area contributed by atoms with Crippen LogP contribution in [0.4, 0.5) is 11.4 Å². The normalized spacial score (nSPS) is 14.7. The molecule has 11 heteroatoms. The van der Waals surface area contributed by atoms with Crippen molar-refractivity contribution in [2.24, 2.45) is 0 Å². The third-order valence-electron chi connectivity index (χ3n) is 4.50. The van der Waals surface area contributed by atoms with Crippen LogP contribution in [0, 0.1) is 0 Å². The molecule has 3 rings (SSSR count). The summed E-state index contributed by atoms with van der Waals surface area (Å²) in [6.45, 7) is 0.894. The molecule has 3 N–H and O–H groups in total. The average Bonchev–Trinajstić information content (AvgIpc) is 3.19. The molecule has 2 heterocycles. The van der Waals surface area contributed by atoms with E-state index in [-0.39, 0.29) is 31.4 Å². The van der Waals surface area contributed by atoms with Crippen molar-refractivity contribution in [3.63, 3.8) is 0 Å². The van der Waals surface area contributed by atoms with E-state index in [1.807, 2.05) is 0 Å². The van der Waals surface area contributed by atoms with Crippen molar-refractivity contribution < 1.29 is 29.0 Å². The highest BCUT2D eigenvalue weighted by molar-refractivity contribution is 7.18. The van der Waals surface area contributed by atoms with E-state index in [4.69, 9.17) is 16.3 Å². The highest BCUT2D eigenvalue weighted by Crippen LogP contribution is 2.22. The first-order valence-corrected chi connectivity index (χ1v) is 10.6. The van der Waals surface area contributed by atoms with Crippen LogP contribution in [-0.4, -0.2) is 61.0 Å². The number of Topliss-reactive ketones (excluding diaryl/α,β-unsaturated/α-hetero) is 1. The number of nitrogens with one attached hydrogen (secondary N) is 2. The number of carbonyl (C=O) groups is 4. The van der Waals surface area contributed by atoms with Gasteiger partial charge in [-0.3, -0.25) is 14.4 Å². The zero-order valence-corrected chi connectivity index (χ0v) is 17.9. The van der Waals surface area contributed by atoms with E-state index < -0.39 is 17.8 Å². The quantitative estimate of drug-likeness (QED) is 0.484. The number of benzene rings is 1. The monoisotopic (exact) mass is 465 g/mol. The largest absolute Gasteiger partial charge is 0.479 e. The summed E-state index contributed by atoms with van der Waals surface area (Å²) >= 11 is 6.90. The Bertz CT molecular complexity index is 978. The van der Waals surface area contributed by atoms with Crippen LogP contribution in [0.3, 0.4) is 0 Å². The first kappa shape index (κ1) is 22.7. The third kappa shape index (κ3) is 6.03. The number of anilines is 2. The number of hydrogen-bond donors (Lipinski definition) is 3. The molecule has 164 valence electrons. The van der Waals surface area contributed by atoms with Crippen molar-refractivity contribution in [3.8, 4) is 0 Å². The number of nitrogens with zero attached hydrogens (tertiary/aromatic N) is 1. The standard InChI is InChI=1S/C20H20ClN3O6S/c21-16-6-5-15(31-16)19(27)22-8-7-14(25)18(20(28)29)23-12-1-3-13(4-2-12)24-9-10-30-11-17(24)26/h1-6,18,23H,7-11H2,(H,22,27)(H,28,29). The van der Waals surface area contributed by atoms with E-state index in [9.17, 15) is 24.3 Å². The summed E-state index contributed by atoms with van der Waals surface area (Å²) < 4.78 is 5.57. The molecular weight excluding hydrogens is 446 g/mol. The van der Waals surface area contributed by atoms with Gasteiger partial charge in [-0.25, -0.2) is 4.79 Å². The second-order valence-electron chi connectivity index (χ2n) is 6.64. The number of carboxylic acids is 1. The van der Waals surface area contributed by atoms with Gasteiger partial charge in [-0.2, -0.15) is 0 Å². The molecule has 31 heavy (non-hydrogen) atoms. The number of halogens is 1. The van der Waals surface area contributed by atoms with Gasteiger partial charge in [0.15, 0.2) is 11.8 Å². The summed E-state index contributed by atoms with van der Waals surface area (Å²) in [4.78, 5) is 49.8. The Kier molecular flexibility index (Phi) is 7.61. The van der Waals surface area contributed by atoms with Crippen LogP contribution >= 0.6 is 22.9 Å². The Morgan fingerprint density at radius 2 is 1.94 bits per heavy atom. The lowest BCUT2D eigenvalue weighted by atomic mass is 10.1. The van der Waals surface area contributed by atoms with Crippen LogP contribution in [0.15, 0.2) is 36.4 Å². The summed E-state index contributed by atoms with van der Waals surface area (Å²) in [7, 11) is 0. The maximum absolute atomic E-state index is 12.4. The molecule has 1 aromatic carbocycles. The van der Waals surface area contributed by atoms with Gasteiger partial charge in [0.25, 0.3) is 11.8 Å². The van der Waals surface area contributed by atoms with E-state index in [0.29, 0.717) is 33.7 Å².